The van der Waals surface area contributed by atoms with Gasteiger partial charge in [0.25, 0.3) is 0 Å². The predicted molar refractivity (Wildman–Crippen MR) is 81.9 cm³/mol. The van der Waals surface area contributed by atoms with Crippen LogP contribution in [0.1, 0.15) is 72.3 Å². The van der Waals surface area contributed by atoms with Crippen molar-refractivity contribution in [1.29, 1.82) is 0 Å². The van der Waals surface area contributed by atoms with Gasteiger partial charge in [-0.1, -0.05) is 71.9 Å². The van der Waals surface area contributed by atoms with Gasteiger partial charge in [-0.2, -0.15) is 0 Å². The van der Waals surface area contributed by atoms with Gasteiger partial charge in [0.1, 0.15) is 0 Å². The molecule has 0 radical (unpaired) electrons. The van der Waals surface area contributed by atoms with Gasteiger partial charge in [0.2, 0.25) is 0 Å². The van der Waals surface area contributed by atoms with Crippen LogP contribution in [0.25, 0.3) is 0 Å². The van der Waals surface area contributed by atoms with E-state index in [1.54, 1.807) is 0 Å². The first kappa shape index (κ1) is 15.3. The van der Waals surface area contributed by atoms with Crippen LogP contribution < -0.4 is 0 Å². The molecule has 1 atom stereocenters. The second-order valence-electron chi connectivity index (χ2n) is 7.75. The van der Waals surface area contributed by atoms with E-state index < -0.39 is 0 Å². The van der Waals surface area contributed by atoms with Crippen molar-refractivity contribution < 1.29 is 0 Å². The van der Waals surface area contributed by atoms with E-state index in [2.05, 4.69) is 71.9 Å². The summed E-state index contributed by atoms with van der Waals surface area (Å²) in [5.74, 6) is 0.672. The third-order valence-corrected chi connectivity index (χ3v) is 3.63. The fraction of sp³-hybridized carbons (Fsp3) is 0.667. The SMILES string of the molecule is CC(CCC(C)(C)CC(C)(C)C)c1ccccc1. The average molecular weight is 246 g/mol. The molecular weight excluding hydrogens is 216 g/mol. The van der Waals surface area contributed by atoms with Crippen LogP contribution in [-0.2, 0) is 0 Å². The molecule has 1 unspecified atom stereocenters. The number of benzene rings is 1. The van der Waals surface area contributed by atoms with E-state index in [0.717, 1.165) is 0 Å². The molecule has 0 aliphatic rings. The van der Waals surface area contributed by atoms with Crippen molar-refractivity contribution in [3.8, 4) is 0 Å². The summed E-state index contributed by atoms with van der Waals surface area (Å²) in [6.45, 7) is 14.2. The number of rotatable bonds is 5. The lowest BCUT2D eigenvalue weighted by atomic mass is 9.72. The maximum Gasteiger partial charge on any atom is -0.0190 e. The first-order valence-electron chi connectivity index (χ1n) is 7.25. The van der Waals surface area contributed by atoms with Crippen molar-refractivity contribution in [2.45, 2.75) is 66.7 Å². The van der Waals surface area contributed by atoms with Crippen molar-refractivity contribution in [2.24, 2.45) is 10.8 Å². The summed E-state index contributed by atoms with van der Waals surface area (Å²) in [7, 11) is 0. The quantitative estimate of drug-likeness (QED) is 0.595. The molecule has 0 heteroatoms. The Labute approximate surface area is 114 Å². The van der Waals surface area contributed by atoms with Crippen LogP contribution in [0.3, 0.4) is 0 Å². The van der Waals surface area contributed by atoms with Crippen LogP contribution in [0, 0.1) is 10.8 Å². The molecule has 0 N–H and O–H groups in total. The fourth-order valence-corrected chi connectivity index (χ4v) is 3.08. The molecule has 18 heavy (non-hydrogen) atoms. The van der Waals surface area contributed by atoms with E-state index in [1.807, 2.05) is 0 Å². The minimum atomic E-state index is 0.430. The van der Waals surface area contributed by atoms with E-state index in [9.17, 15) is 0 Å². The van der Waals surface area contributed by atoms with Crippen molar-refractivity contribution in [3.05, 3.63) is 35.9 Å². The zero-order valence-electron chi connectivity index (χ0n) is 13.1. The Morgan fingerprint density at radius 1 is 0.944 bits per heavy atom. The van der Waals surface area contributed by atoms with E-state index in [-0.39, 0.29) is 0 Å². The number of hydrogen-bond acceptors (Lipinski definition) is 0. The maximum atomic E-state index is 2.41. The highest BCUT2D eigenvalue weighted by atomic mass is 14.3. The lowest BCUT2D eigenvalue weighted by Gasteiger charge is -2.33. The molecule has 0 nitrogen and oxygen atoms in total. The summed E-state index contributed by atoms with van der Waals surface area (Å²) < 4.78 is 0. The van der Waals surface area contributed by atoms with Crippen LogP contribution in [0.15, 0.2) is 30.3 Å². The Morgan fingerprint density at radius 3 is 2.00 bits per heavy atom. The molecule has 102 valence electrons. The molecule has 0 heterocycles. The van der Waals surface area contributed by atoms with Crippen molar-refractivity contribution in [1.82, 2.24) is 0 Å². The molecular formula is C18H30. The Kier molecular flexibility index (Phi) is 5.01. The van der Waals surface area contributed by atoms with Crippen molar-refractivity contribution in [2.75, 3.05) is 0 Å². The molecule has 1 aromatic carbocycles. The summed E-state index contributed by atoms with van der Waals surface area (Å²) in [5, 5.41) is 0. The molecule has 1 rings (SSSR count). The van der Waals surface area contributed by atoms with E-state index >= 15 is 0 Å². The highest BCUT2D eigenvalue weighted by Crippen LogP contribution is 2.38. The van der Waals surface area contributed by atoms with E-state index in [0.29, 0.717) is 16.7 Å². The summed E-state index contributed by atoms with van der Waals surface area (Å²) >= 11 is 0. The second kappa shape index (κ2) is 5.91. The molecule has 0 bridgehead atoms. The predicted octanol–water partition coefficient (Wildman–Crippen LogP) is 6.03. The zero-order chi connectivity index (χ0) is 13.8. The van der Waals surface area contributed by atoms with Gasteiger partial charge in [-0.3, -0.25) is 0 Å². The van der Waals surface area contributed by atoms with Crippen molar-refractivity contribution in [3.63, 3.8) is 0 Å². The van der Waals surface area contributed by atoms with Gasteiger partial charge in [-0.15, -0.1) is 0 Å². The van der Waals surface area contributed by atoms with Crippen molar-refractivity contribution >= 4 is 0 Å². The largest absolute Gasteiger partial charge is 0.0622 e. The van der Waals surface area contributed by atoms with E-state index in [4.69, 9.17) is 0 Å². The monoisotopic (exact) mass is 246 g/mol. The first-order chi connectivity index (χ1) is 8.20. The summed E-state index contributed by atoms with van der Waals surface area (Å²) in [6.07, 6.45) is 3.88. The van der Waals surface area contributed by atoms with Gasteiger partial charge >= 0.3 is 0 Å². The lowest BCUT2D eigenvalue weighted by molar-refractivity contribution is 0.192. The number of hydrogen-bond donors (Lipinski definition) is 0. The Balaban J connectivity index is 2.50. The molecule has 0 amide bonds. The average Bonchev–Trinajstić information content (AvgIpc) is 2.24. The molecule has 0 spiro atoms. The molecule has 0 aliphatic heterocycles. The summed E-state index contributed by atoms with van der Waals surface area (Å²) in [4.78, 5) is 0. The highest BCUT2D eigenvalue weighted by Gasteiger charge is 2.25. The highest BCUT2D eigenvalue weighted by molar-refractivity contribution is 5.18. The standard InChI is InChI=1S/C18H30/c1-15(16-10-8-7-9-11-16)12-13-18(5,6)14-17(2,3)4/h7-11,15H,12-14H2,1-6H3. The second-order valence-corrected chi connectivity index (χ2v) is 7.75. The molecule has 0 saturated heterocycles. The Hall–Kier alpha value is -0.780. The Morgan fingerprint density at radius 2 is 1.50 bits per heavy atom. The van der Waals surface area contributed by atoms with Crippen LogP contribution in [-0.4, -0.2) is 0 Å². The molecule has 1 aromatic rings. The smallest absolute Gasteiger partial charge is 0.0190 e. The van der Waals surface area contributed by atoms with Gasteiger partial charge < -0.3 is 0 Å². The first-order valence-corrected chi connectivity index (χ1v) is 7.25. The van der Waals surface area contributed by atoms with Crippen LogP contribution >= 0.6 is 0 Å². The summed E-state index contributed by atoms with van der Waals surface area (Å²) in [5.41, 5.74) is 2.35. The van der Waals surface area contributed by atoms with Crippen LogP contribution in [0.2, 0.25) is 0 Å². The minimum Gasteiger partial charge on any atom is -0.0622 e. The third-order valence-electron chi connectivity index (χ3n) is 3.63. The maximum absolute atomic E-state index is 2.41. The van der Waals surface area contributed by atoms with Crippen LogP contribution in [0.4, 0.5) is 0 Å². The molecule has 0 aliphatic carbocycles. The van der Waals surface area contributed by atoms with Gasteiger partial charge in [-0.25, -0.2) is 0 Å². The summed E-state index contributed by atoms with van der Waals surface area (Å²) in [6, 6.07) is 10.9. The van der Waals surface area contributed by atoms with Gasteiger partial charge in [0.05, 0.1) is 0 Å². The van der Waals surface area contributed by atoms with Gasteiger partial charge in [0, 0.05) is 0 Å². The van der Waals surface area contributed by atoms with E-state index in [1.165, 1.54) is 24.8 Å². The molecule has 0 aromatic heterocycles. The van der Waals surface area contributed by atoms with Crippen LogP contribution in [0.5, 0.6) is 0 Å². The fourth-order valence-electron chi connectivity index (χ4n) is 3.08. The van der Waals surface area contributed by atoms with Gasteiger partial charge in [-0.05, 0) is 41.6 Å². The minimum absolute atomic E-state index is 0.430. The topological polar surface area (TPSA) is 0 Å². The molecule has 0 saturated carbocycles. The third kappa shape index (κ3) is 5.71. The Bertz CT molecular complexity index is 340. The lowest BCUT2D eigenvalue weighted by Crippen LogP contribution is -2.21. The molecule has 0 fully saturated rings. The zero-order valence-corrected chi connectivity index (χ0v) is 13.1. The normalized spacial score (nSPS) is 14.6. The van der Waals surface area contributed by atoms with Gasteiger partial charge in [0.15, 0.2) is 0 Å².